The first kappa shape index (κ1) is 24.6. The molecule has 0 saturated heterocycles. The van der Waals surface area contributed by atoms with Gasteiger partial charge in [0.2, 0.25) is 11.9 Å². The molecule has 8 nitrogen and oxygen atoms in total. The molecule has 1 aromatic heterocycles. The van der Waals surface area contributed by atoms with Gasteiger partial charge in [-0.2, -0.15) is 4.98 Å². The van der Waals surface area contributed by atoms with Crippen LogP contribution in [0.5, 0.6) is 11.5 Å². The minimum atomic E-state index is 0.0877. The fraction of sp³-hybridized carbons (Fsp3) is 0.444. The number of rotatable bonds is 9. The van der Waals surface area contributed by atoms with Crippen molar-refractivity contribution in [2.75, 3.05) is 38.5 Å². The van der Waals surface area contributed by atoms with Gasteiger partial charge in [0.1, 0.15) is 5.82 Å². The molecule has 2 aromatic carbocycles. The number of carbonyl (C=O) groups is 1. The normalized spacial score (nSPS) is 17.6. The van der Waals surface area contributed by atoms with Gasteiger partial charge in [-0.15, -0.1) is 0 Å². The average molecular weight is 478 g/mol. The van der Waals surface area contributed by atoms with Gasteiger partial charge < -0.3 is 25.0 Å². The summed E-state index contributed by atoms with van der Waals surface area (Å²) < 4.78 is 10.6. The molecule has 186 valence electrons. The van der Waals surface area contributed by atoms with Crippen molar-refractivity contribution >= 4 is 28.6 Å². The van der Waals surface area contributed by atoms with Crippen LogP contribution in [0.1, 0.15) is 37.7 Å². The number of aromatic nitrogens is 2. The van der Waals surface area contributed by atoms with Crippen molar-refractivity contribution in [2.45, 2.75) is 50.6 Å². The quantitative estimate of drug-likeness (QED) is 0.478. The number of hydrogen-bond acceptors (Lipinski definition) is 7. The first-order valence-corrected chi connectivity index (χ1v) is 12.2. The summed E-state index contributed by atoms with van der Waals surface area (Å²) in [6, 6.07) is 14.4. The molecular formula is C27H35N5O3. The van der Waals surface area contributed by atoms with Gasteiger partial charge in [0, 0.05) is 38.0 Å². The van der Waals surface area contributed by atoms with E-state index in [9.17, 15) is 4.79 Å². The van der Waals surface area contributed by atoms with Crippen LogP contribution in [0.15, 0.2) is 42.5 Å². The van der Waals surface area contributed by atoms with E-state index in [1.165, 1.54) is 0 Å². The zero-order valence-corrected chi connectivity index (χ0v) is 21.0. The molecule has 3 aromatic rings. The lowest BCUT2D eigenvalue weighted by Crippen LogP contribution is -2.40. The van der Waals surface area contributed by atoms with Gasteiger partial charge in [-0.25, -0.2) is 4.98 Å². The molecule has 0 atom stereocenters. The zero-order valence-electron chi connectivity index (χ0n) is 21.0. The number of anilines is 2. The monoisotopic (exact) mass is 477 g/mol. The van der Waals surface area contributed by atoms with Crippen LogP contribution in [-0.4, -0.2) is 56.3 Å². The molecule has 1 fully saturated rings. The van der Waals surface area contributed by atoms with Gasteiger partial charge in [-0.3, -0.25) is 4.79 Å². The second-order valence-corrected chi connectivity index (χ2v) is 9.23. The Bertz CT molecular complexity index is 1160. The number of para-hydroxylation sites is 1. The highest BCUT2D eigenvalue weighted by Crippen LogP contribution is 2.28. The van der Waals surface area contributed by atoms with E-state index in [2.05, 4.69) is 10.6 Å². The number of ether oxygens (including phenoxy) is 2. The number of fused-ring (bicyclic) bond motifs is 1. The summed E-state index contributed by atoms with van der Waals surface area (Å²) in [7, 11) is 7.23. The van der Waals surface area contributed by atoms with Crippen molar-refractivity contribution in [3.05, 3.63) is 48.0 Å². The van der Waals surface area contributed by atoms with Crippen molar-refractivity contribution in [1.29, 1.82) is 0 Å². The van der Waals surface area contributed by atoms with Crippen LogP contribution in [-0.2, 0) is 11.2 Å². The summed E-state index contributed by atoms with van der Waals surface area (Å²) in [5.74, 6) is 3.04. The van der Waals surface area contributed by atoms with Crippen LogP contribution in [0.4, 0.5) is 11.8 Å². The van der Waals surface area contributed by atoms with Gasteiger partial charge in [0.25, 0.3) is 0 Å². The maximum atomic E-state index is 12.6. The summed E-state index contributed by atoms with van der Waals surface area (Å²) >= 11 is 0. The highest BCUT2D eigenvalue weighted by molar-refractivity contribution is 5.90. The predicted octanol–water partition coefficient (Wildman–Crippen LogP) is 4.19. The molecule has 1 aliphatic carbocycles. The van der Waals surface area contributed by atoms with E-state index in [0.717, 1.165) is 48.0 Å². The van der Waals surface area contributed by atoms with E-state index in [-0.39, 0.29) is 11.9 Å². The van der Waals surface area contributed by atoms with E-state index >= 15 is 0 Å². The third-order valence-corrected chi connectivity index (χ3v) is 6.52. The summed E-state index contributed by atoms with van der Waals surface area (Å²) in [4.78, 5) is 24.0. The van der Waals surface area contributed by atoms with Crippen LogP contribution < -0.4 is 25.0 Å². The van der Waals surface area contributed by atoms with Crippen LogP contribution in [0.3, 0.4) is 0 Å². The summed E-state index contributed by atoms with van der Waals surface area (Å²) in [6.07, 6.45) is 4.92. The topological polar surface area (TPSA) is 88.6 Å². The number of carbonyl (C=O) groups excluding carboxylic acids is 1. The summed E-state index contributed by atoms with van der Waals surface area (Å²) in [5, 5.41) is 7.78. The molecule has 0 bridgehead atoms. The Kier molecular flexibility index (Phi) is 7.90. The number of nitrogens with zero attached hydrogens (tertiary/aromatic N) is 3. The number of hydrogen-bond donors (Lipinski definition) is 2. The van der Waals surface area contributed by atoms with Crippen molar-refractivity contribution in [3.63, 3.8) is 0 Å². The van der Waals surface area contributed by atoms with Crippen LogP contribution in [0, 0.1) is 0 Å². The van der Waals surface area contributed by atoms with Gasteiger partial charge in [0.05, 0.1) is 19.7 Å². The molecular weight excluding hydrogens is 442 g/mol. The molecule has 35 heavy (non-hydrogen) atoms. The maximum Gasteiger partial charge on any atom is 0.225 e. The summed E-state index contributed by atoms with van der Waals surface area (Å²) in [6.45, 7) is 0. The van der Waals surface area contributed by atoms with Gasteiger partial charge in [-0.05, 0) is 61.9 Å². The third-order valence-electron chi connectivity index (χ3n) is 6.52. The fourth-order valence-electron chi connectivity index (χ4n) is 4.62. The SMILES string of the molecule is COc1ccc(CCC(=O)NC2CCC(Nc3nc(N(C)C)c4ccccc4n3)CC2)cc1OC. The smallest absolute Gasteiger partial charge is 0.225 e. The molecule has 0 aliphatic heterocycles. The van der Waals surface area contributed by atoms with E-state index in [0.29, 0.717) is 36.3 Å². The van der Waals surface area contributed by atoms with Crippen molar-refractivity contribution in [3.8, 4) is 11.5 Å². The minimum Gasteiger partial charge on any atom is -0.493 e. The molecule has 2 N–H and O–H groups in total. The van der Waals surface area contributed by atoms with Crippen molar-refractivity contribution in [1.82, 2.24) is 15.3 Å². The maximum absolute atomic E-state index is 12.6. The Balaban J connectivity index is 1.27. The molecule has 1 saturated carbocycles. The van der Waals surface area contributed by atoms with Crippen LogP contribution >= 0.6 is 0 Å². The first-order chi connectivity index (χ1) is 17.0. The van der Waals surface area contributed by atoms with Crippen molar-refractivity contribution < 1.29 is 14.3 Å². The number of benzene rings is 2. The van der Waals surface area contributed by atoms with Gasteiger partial charge in [0.15, 0.2) is 11.5 Å². The van der Waals surface area contributed by atoms with E-state index in [4.69, 9.17) is 19.4 Å². The molecule has 0 spiro atoms. The molecule has 1 amide bonds. The van der Waals surface area contributed by atoms with Crippen LogP contribution in [0.25, 0.3) is 10.9 Å². The molecule has 1 heterocycles. The fourth-order valence-corrected chi connectivity index (χ4v) is 4.62. The lowest BCUT2D eigenvalue weighted by molar-refractivity contribution is -0.122. The summed E-state index contributed by atoms with van der Waals surface area (Å²) in [5.41, 5.74) is 1.99. The number of nitrogens with one attached hydrogen (secondary N) is 2. The van der Waals surface area contributed by atoms with Crippen molar-refractivity contribution in [2.24, 2.45) is 0 Å². The molecule has 4 rings (SSSR count). The lowest BCUT2D eigenvalue weighted by Gasteiger charge is -2.30. The third kappa shape index (κ3) is 6.12. The van der Waals surface area contributed by atoms with E-state index < -0.39 is 0 Å². The molecule has 0 radical (unpaired) electrons. The minimum absolute atomic E-state index is 0.0877. The average Bonchev–Trinajstić information content (AvgIpc) is 2.87. The molecule has 0 unspecified atom stereocenters. The Labute approximate surface area is 207 Å². The second-order valence-electron chi connectivity index (χ2n) is 9.23. The number of amides is 1. The van der Waals surface area contributed by atoms with E-state index in [1.807, 2.05) is 61.5 Å². The lowest BCUT2D eigenvalue weighted by atomic mass is 9.91. The van der Waals surface area contributed by atoms with Crippen LogP contribution in [0.2, 0.25) is 0 Å². The highest BCUT2D eigenvalue weighted by atomic mass is 16.5. The Morgan fingerprint density at radius 1 is 0.971 bits per heavy atom. The predicted molar refractivity (Wildman–Crippen MR) is 140 cm³/mol. The largest absolute Gasteiger partial charge is 0.493 e. The Hall–Kier alpha value is -3.55. The molecule has 1 aliphatic rings. The number of methoxy groups -OCH3 is 2. The first-order valence-electron chi connectivity index (χ1n) is 12.2. The Morgan fingerprint density at radius 2 is 1.69 bits per heavy atom. The Morgan fingerprint density at radius 3 is 2.40 bits per heavy atom. The van der Waals surface area contributed by atoms with Gasteiger partial charge >= 0.3 is 0 Å². The standard InChI is InChI=1S/C27H35N5O3/c1-32(2)26-21-7-5-6-8-22(21)30-27(31-26)29-20-13-11-19(12-14-20)28-25(33)16-10-18-9-15-23(34-3)24(17-18)35-4/h5-9,15,17,19-20H,10-14,16H2,1-4H3,(H,28,33)(H,29,30,31). The molecule has 8 heteroatoms. The number of aryl methyl sites for hydroxylation is 1. The zero-order chi connectivity index (χ0) is 24.8. The highest BCUT2D eigenvalue weighted by Gasteiger charge is 2.23. The second kappa shape index (κ2) is 11.3. The van der Waals surface area contributed by atoms with E-state index in [1.54, 1.807) is 14.2 Å². The van der Waals surface area contributed by atoms with Gasteiger partial charge in [-0.1, -0.05) is 18.2 Å².